The molecule has 1 fully saturated rings. The molecule has 1 aromatic rings. The maximum absolute atomic E-state index is 14.6. The van der Waals surface area contributed by atoms with Crippen molar-refractivity contribution in [2.45, 2.75) is 94.9 Å². The smallest absolute Gasteiger partial charge is 0.244 e. The molecule has 0 spiro atoms. The molecule has 1 aromatic carbocycles. The van der Waals surface area contributed by atoms with Crippen LogP contribution in [0.15, 0.2) is 53.2 Å². The third-order valence-electron chi connectivity index (χ3n) is 8.27. The predicted molar refractivity (Wildman–Crippen MR) is 156 cm³/mol. The third-order valence-corrected chi connectivity index (χ3v) is 8.27. The molecule has 3 aliphatic rings. The lowest BCUT2D eigenvalue weighted by molar-refractivity contribution is -0.139. The van der Waals surface area contributed by atoms with Crippen molar-refractivity contribution < 1.29 is 23.8 Å². The van der Waals surface area contributed by atoms with Crippen LogP contribution in [0.2, 0.25) is 0 Å². The number of likely N-dealkylation sites (N-methyl/N-ethyl adjacent to an activating group) is 1. The summed E-state index contributed by atoms with van der Waals surface area (Å²) in [5.41, 5.74) is 5.87. The number of carbonyl (C=O) groups excluding carboxylic acids is 2. The summed E-state index contributed by atoms with van der Waals surface area (Å²) in [5, 5.41) is 17.9. The minimum atomic E-state index is -1.01. The number of hydrogen-bond donors (Lipinski definition) is 3. The summed E-state index contributed by atoms with van der Waals surface area (Å²) in [7, 11) is 1.58. The Balaban J connectivity index is 1.58. The number of halogens is 1. The second-order valence-electron chi connectivity index (χ2n) is 11.3. The summed E-state index contributed by atoms with van der Waals surface area (Å²) in [6.45, 7) is 2.73. The van der Waals surface area contributed by atoms with Crippen LogP contribution in [0.4, 0.5) is 4.39 Å². The molecule has 3 unspecified atom stereocenters. The Labute approximate surface area is 242 Å². The van der Waals surface area contributed by atoms with E-state index in [0.717, 1.165) is 25.7 Å². The minimum absolute atomic E-state index is 0.0253. The summed E-state index contributed by atoms with van der Waals surface area (Å²) in [6, 6.07) is 6.80. The fourth-order valence-corrected chi connectivity index (χ4v) is 5.49. The van der Waals surface area contributed by atoms with Crippen LogP contribution in [0.3, 0.4) is 0 Å². The van der Waals surface area contributed by atoms with Gasteiger partial charge in [-0.05, 0) is 55.7 Å². The number of aliphatic hydroxyl groups excluding tert-OH is 1. The molecule has 3 atom stereocenters. The van der Waals surface area contributed by atoms with Crippen molar-refractivity contribution in [3.63, 3.8) is 0 Å². The van der Waals surface area contributed by atoms with Crippen molar-refractivity contribution in [1.82, 2.24) is 15.5 Å². The molecule has 1 aliphatic heterocycles. The van der Waals surface area contributed by atoms with Crippen molar-refractivity contribution in [1.29, 1.82) is 0 Å². The Bertz CT molecular complexity index is 1260. The van der Waals surface area contributed by atoms with E-state index in [4.69, 9.17) is 11.2 Å². The second-order valence-corrected chi connectivity index (χ2v) is 11.3. The van der Waals surface area contributed by atoms with Gasteiger partial charge in [0.1, 0.15) is 17.6 Å². The number of nitrogens with one attached hydrogen (secondary N) is 2. The number of benzene rings is 1. The van der Waals surface area contributed by atoms with Gasteiger partial charge in [-0.3, -0.25) is 9.59 Å². The molecule has 3 N–H and O–H groups in total. The lowest BCUT2D eigenvalue weighted by Crippen LogP contribution is -2.55. The Morgan fingerprint density at radius 2 is 2.12 bits per heavy atom. The molecule has 0 radical (unpaired) electrons. The maximum Gasteiger partial charge on any atom is 0.244 e. The van der Waals surface area contributed by atoms with E-state index in [1.54, 1.807) is 7.05 Å². The zero-order valence-corrected chi connectivity index (χ0v) is 24.2. The Morgan fingerprint density at radius 3 is 2.85 bits per heavy atom. The van der Waals surface area contributed by atoms with Gasteiger partial charge in [-0.2, -0.15) is 0 Å². The van der Waals surface area contributed by atoms with Crippen LogP contribution >= 0.6 is 0 Å². The first-order chi connectivity index (χ1) is 19.7. The molecular formula is C33H42FN3O4. The van der Waals surface area contributed by atoms with Crippen molar-refractivity contribution >= 4 is 11.8 Å². The molecule has 8 heteroatoms. The van der Waals surface area contributed by atoms with Crippen molar-refractivity contribution in [2.75, 3.05) is 20.2 Å². The summed E-state index contributed by atoms with van der Waals surface area (Å²) < 4.78 is 20.4. The molecule has 2 bridgehead atoms. The van der Waals surface area contributed by atoms with Gasteiger partial charge in [0.05, 0.1) is 25.2 Å². The highest BCUT2D eigenvalue weighted by atomic mass is 19.1. The summed E-state index contributed by atoms with van der Waals surface area (Å²) >= 11 is 0. The van der Waals surface area contributed by atoms with E-state index in [9.17, 15) is 19.1 Å². The largest absolute Gasteiger partial charge is 0.489 e. The maximum atomic E-state index is 14.6. The lowest BCUT2D eigenvalue weighted by atomic mass is 9.96. The highest BCUT2D eigenvalue weighted by Crippen LogP contribution is 2.45. The van der Waals surface area contributed by atoms with Gasteiger partial charge in [0.25, 0.3) is 0 Å². The van der Waals surface area contributed by atoms with E-state index in [-0.39, 0.29) is 49.5 Å². The first-order valence-electron chi connectivity index (χ1n) is 14.7. The number of aliphatic hydroxyl groups is 1. The van der Waals surface area contributed by atoms with Crippen LogP contribution in [0.1, 0.15) is 75.8 Å². The molecule has 0 saturated heterocycles. The molecule has 1 heterocycles. The van der Waals surface area contributed by atoms with E-state index in [0.29, 0.717) is 30.8 Å². The number of nitrogens with zero attached hydrogens (tertiary/aromatic N) is 1. The van der Waals surface area contributed by atoms with Gasteiger partial charge in [0, 0.05) is 44.0 Å². The van der Waals surface area contributed by atoms with Crippen LogP contribution in [0, 0.1) is 12.3 Å². The minimum Gasteiger partial charge on any atom is -0.489 e. The predicted octanol–water partition coefficient (Wildman–Crippen LogP) is 4.17. The number of amides is 2. The second kappa shape index (κ2) is 14.0. The van der Waals surface area contributed by atoms with E-state index < -0.39 is 24.1 Å². The molecule has 7 nitrogen and oxygen atoms in total. The van der Waals surface area contributed by atoms with Crippen molar-refractivity contribution in [3.8, 4) is 12.3 Å². The van der Waals surface area contributed by atoms with E-state index in [2.05, 4.69) is 53.5 Å². The normalized spacial score (nSPS) is 24.2. The average Bonchev–Trinajstić information content (AvgIpc) is 3.76. The van der Waals surface area contributed by atoms with Crippen LogP contribution in [-0.4, -0.2) is 60.2 Å². The van der Waals surface area contributed by atoms with Crippen LogP contribution < -0.4 is 10.6 Å². The van der Waals surface area contributed by atoms with Crippen molar-refractivity contribution in [3.05, 3.63) is 64.4 Å². The number of ether oxygens (including phenoxy) is 1. The van der Waals surface area contributed by atoms with E-state index in [1.807, 2.05) is 0 Å². The fraction of sp³-hybridized carbons (Fsp3) is 0.545. The summed E-state index contributed by atoms with van der Waals surface area (Å²) in [5.74, 6) is 1.95. The molecular weight excluding hydrogens is 521 g/mol. The standard InChI is InChI=1S/C33H42FN3O4/c1-4-10-29-32(40)36-28(30(38)22-35-33(14-15-33)25-12-9-11-23(5-2)17-25)20-24-18-26(34)21-27(19-24)41-16-8-6-7-13-31(39)37(29)3/h1,9,11-12,17-18,28-30,35,38H,5-8,10,13-16,20-22H2,2-3H3,(H,36,40). The highest BCUT2D eigenvalue weighted by molar-refractivity contribution is 5.88. The molecule has 2 aliphatic carbocycles. The number of carbonyl (C=O) groups is 2. The van der Waals surface area contributed by atoms with Gasteiger partial charge in [0.15, 0.2) is 0 Å². The van der Waals surface area contributed by atoms with E-state index in [1.165, 1.54) is 22.1 Å². The summed E-state index contributed by atoms with van der Waals surface area (Å²) in [4.78, 5) is 27.8. The van der Waals surface area contributed by atoms with Gasteiger partial charge in [-0.25, -0.2) is 4.39 Å². The molecule has 1 saturated carbocycles. The van der Waals surface area contributed by atoms with Gasteiger partial charge in [0.2, 0.25) is 11.8 Å². The molecule has 4 rings (SSSR count). The lowest BCUT2D eigenvalue weighted by Gasteiger charge is -2.31. The molecule has 220 valence electrons. The zero-order valence-electron chi connectivity index (χ0n) is 24.2. The number of hydrogen-bond acceptors (Lipinski definition) is 5. The summed E-state index contributed by atoms with van der Waals surface area (Å²) in [6.07, 6.45) is 11.4. The topological polar surface area (TPSA) is 90.9 Å². The highest BCUT2D eigenvalue weighted by Gasteiger charge is 2.44. The number of aryl methyl sites for hydroxylation is 1. The molecule has 2 amide bonds. The monoisotopic (exact) mass is 563 g/mol. The molecule has 41 heavy (non-hydrogen) atoms. The Hall–Kier alpha value is -3.37. The van der Waals surface area contributed by atoms with Gasteiger partial charge in [-0.15, -0.1) is 12.3 Å². The quantitative estimate of drug-likeness (QED) is 0.342. The van der Waals surface area contributed by atoms with Crippen LogP contribution in [0.25, 0.3) is 0 Å². The van der Waals surface area contributed by atoms with Crippen LogP contribution in [0.5, 0.6) is 0 Å². The van der Waals surface area contributed by atoms with Gasteiger partial charge in [-0.1, -0.05) is 36.9 Å². The number of terminal acetylenes is 1. The fourth-order valence-electron chi connectivity index (χ4n) is 5.49. The third kappa shape index (κ3) is 8.10. The van der Waals surface area contributed by atoms with Crippen molar-refractivity contribution in [2.24, 2.45) is 0 Å². The van der Waals surface area contributed by atoms with E-state index >= 15 is 0 Å². The zero-order chi connectivity index (χ0) is 29.4. The van der Waals surface area contributed by atoms with Gasteiger partial charge >= 0.3 is 0 Å². The Morgan fingerprint density at radius 1 is 1.32 bits per heavy atom. The van der Waals surface area contributed by atoms with Gasteiger partial charge < -0.3 is 25.4 Å². The number of allylic oxidation sites excluding steroid dienone is 1. The number of rotatable bonds is 7. The SMILES string of the molecule is C#CCC1C(=O)NC(C(O)CNC2(c3cccc(CC)c3)CC2)CC2=C=C(CC(F)=C2)OCCCCCC(=O)N1C. The first kappa shape index (κ1) is 30.6. The van der Waals surface area contributed by atoms with Crippen LogP contribution in [-0.2, 0) is 26.3 Å². The Kier molecular flexibility index (Phi) is 10.4. The average molecular weight is 564 g/mol. The first-order valence-corrected chi connectivity index (χ1v) is 14.7. The molecule has 0 aromatic heterocycles.